The summed E-state index contributed by atoms with van der Waals surface area (Å²) < 4.78 is 10.7. The van der Waals surface area contributed by atoms with Gasteiger partial charge in [-0.25, -0.2) is 4.79 Å². The highest BCUT2D eigenvalue weighted by Crippen LogP contribution is 2.29. The standard InChI is InChI=1S/C13H16ClNO4/c1-18-11-6-15(7-12(11)19-2)10-5-8(14)3-4-9(10)13(16)17/h3-5,11-12H,6-7H2,1-2H3,(H,16,17). The van der Waals surface area contributed by atoms with Gasteiger partial charge in [-0.05, 0) is 18.2 Å². The van der Waals surface area contributed by atoms with E-state index in [-0.39, 0.29) is 17.8 Å². The van der Waals surface area contributed by atoms with Crippen molar-refractivity contribution in [2.75, 3.05) is 32.2 Å². The van der Waals surface area contributed by atoms with Crippen molar-refractivity contribution in [1.82, 2.24) is 0 Å². The average molecular weight is 286 g/mol. The SMILES string of the molecule is COC1CN(c2cc(Cl)ccc2C(=O)O)CC1OC. The first-order chi connectivity index (χ1) is 9.06. The van der Waals surface area contributed by atoms with Crippen LogP contribution in [-0.2, 0) is 9.47 Å². The third-order valence-electron chi connectivity index (χ3n) is 3.35. The van der Waals surface area contributed by atoms with Crippen LogP contribution in [0, 0.1) is 0 Å². The van der Waals surface area contributed by atoms with E-state index in [1.165, 1.54) is 6.07 Å². The molecule has 1 saturated heterocycles. The molecule has 1 fully saturated rings. The van der Waals surface area contributed by atoms with Crippen LogP contribution < -0.4 is 4.90 Å². The molecule has 0 aromatic heterocycles. The highest BCUT2D eigenvalue weighted by atomic mass is 35.5. The van der Waals surface area contributed by atoms with Gasteiger partial charge in [0, 0.05) is 32.3 Å². The number of hydrogen-bond acceptors (Lipinski definition) is 4. The van der Waals surface area contributed by atoms with Gasteiger partial charge in [0.1, 0.15) is 12.2 Å². The number of carbonyl (C=O) groups is 1. The highest BCUT2D eigenvalue weighted by Gasteiger charge is 2.34. The lowest BCUT2D eigenvalue weighted by Gasteiger charge is -2.20. The normalized spacial score (nSPS) is 22.8. The second-order valence-electron chi connectivity index (χ2n) is 4.42. The Kier molecular flexibility index (Phi) is 4.29. The Balaban J connectivity index is 2.32. The number of carboxylic acid groups (broad SMARTS) is 1. The van der Waals surface area contributed by atoms with Crippen molar-refractivity contribution in [3.63, 3.8) is 0 Å². The molecule has 2 rings (SSSR count). The number of ether oxygens (including phenoxy) is 2. The summed E-state index contributed by atoms with van der Waals surface area (Å²) in [6, 6.07) is 4.75. The topological polar surface area (TPSA) is 59.0 Å². The van der Waals surface area contributed by atoms with Crippen LogP contribution in [0.5, 0.6) is 0 Å². The van der Waals surface area contributed by atoms with Crippen molar-refractivity contribution in [3.8, 4) is 0 Å². The lowest BCUT2D eigenvalue weighted by atomic mass is 10.1. The summed E-state index contributed by atoms with van der Waals surface area (Å²) in [5.41, 5.74) is 0.831. The zero-order chi connectivity index (χ0) is 14.0. The van der Waals surface area contributed by atoms with Gasteiger partial charge in [0.25, 0.3) is 0 Å². The maximum atomic E-state index is 11.3. The van der Waals surface area contributed by atoms with Crippen LogP contribution in [0.4, 0.5) is 5.69 Å². The largest absolute Gasteiger partial charge is 0.478 e. The minimum atomic E-state index is -0.971. The van der Waals surface area contributed by atoms with Crippen molar-refractivity contribution < 1.29 is 19.4 Å². The van der Waals surface area contributed by atoms with Crippen molar-refractivity contribution in [1.29, 1.82) is 0 Å². The van der Waals surface area contributed by atoms with Gasteiger partial charge in [-0.15, -0.1) is 0 Å². The molecular weight excluding hydrogens is 270 g/mol. The number of carboxylic acids is 1. The molecule has 2 unspecified atom stereocenters. The number of anilines is 1. The molecule has 19 heavy (non-hydrogen) atoms. The monoisotopic (exact) mass is 285 g/mol. The molecule has 5 nitrogen and oxygen atoms in total. The van der Waals surface area contributed by atoms with E-state index < -0.39 is 5.97 Å². The van der Waals surface area contributed by atoms with Gasteiger partial charge in [-0.3, -0.25) is 0 Å². The van der Waals surface area contributed by atoms with E-state index in [9.17, 15) is 9.90 Å². The molecule has 1 aliphatic heterocycles. The summed E-state index contributed by atoms with van der Waals surface area (Å²) in [4.78, 5) is 13.2. The highest BCUT2D eigenvalue weighted by molar-refractivity contribution is 6.31. The molecule has 6 heteroatoms. The van der Waals surface area contributed by atoms with E-state index in [0.29, 0.717) is 23.8 Å². The number of benzene rings is 1. The smallest absolute Gasteiger partial charge is 0.337 e. The van der Waals surface area contributed by atoms with E-state index in [1.54, 1.807) is 26.4 Å². The summed E-state index contributed by atoms with van der Waals surface area (Å²) in [6.07, 6.45) is -0.156. The Labute approximate surface area is 116 Å². The zero-order valence-electron chi connectivity index (χ0n) is 10.8. The number of rotatable bonds is 4. The number of halogens is 1. The first-order valence-corrected chi connectivity index (χ1v) is 6.28. The van der Waals surface area contributed by atoms with Gasteiger partial charge in [0.15, 0.2) is 0 Å². The van der Waals surface area contributed by atoms with Gasteiger partial charge in [0.2, 0.25) is 0 Å². The number of nitrogens with zero attached hydrogens (tertiary/aromatic N) is 1. The summed E-state index contributed by atoms with van der Waals surface area (Å²) >= 11 is 5.96. The second kappa shape index (κ2) is 5.77. The minimum Gasteiger partial charge on any atom is -0.478 e. The Hall–Kier alpha value is -1.30. The molecule has 0 aliphatic carbocycles. The van der Waals surface area contributed by atoms with Crippen molar-refractivity contribution in [3.05, 3.63) is 28.8 Å². The predicted octanol–water partition coefficient (Wildman–Crippen LogP) is 1.89. The van der Waals surface area contributed by atoms with Crippen LogP contribution in [0.3, 0.4) is 0 Å². The first-order valence-electron chi connectivity index (χ1n) is 5.90. The maximum absolute atomic E-state index is 11.3. The van der Waals surface area contributed by atoms with E-state index in [4.69, 9.17) is 21.1 Å². The van der Waals surface area contributed by atoms with Gasteiger partial charge < -0.3 is 19.5 Å². The first kappa shape index (κ1) is 14.1. The molecule has 0 radical (unpaired) electrons. The Morgan fingerprint density at radius 1 is 1.32 bits per heavy atom. The van der Waals surface area contributed by atoms with E-state index in [2.05, 4.69) is 0 Å². The average Bonchev–Trinajstić information content (AvgIpc) is 2.81. The van der Waals surface area contributed by atoms with E-state index >= 15 is 0 Å². The molecular formula is C13H16ClNO4. The molecule has 1 aromatic rings. The van der Waals surface area contributed by atoms with Crippen molar-refractivity contribution >= 4 is 23.3 Å². The molecule has 0 bridgehead atoms. The van der Waals surface area contributed by atoms with Gasteiger partial charge in [0.05, 0.1) is 11.3 Å². The van der Waals surface area contributed by atoms with E-state index in [0.717, 1.165) is 0 Å². The number of aromatic carboxylic acids is 1. The maximum Gasteiger partial charge on any atom is 0.337 e. The molecule has 0 spiro atoms. The van der Waals surface area contributed by atoms with Gasteiger partial charge in [-0.1, -0.05) is 11.6 Å². The van der Waals surface area contributed by atoms with Crippen LogP contribution in [0.1, 0.15) is 10.4 Å². The zero-order valence-corrected chi connectivity index (χ0v) is 11.6. The van der Waals surface area contributed by atoms with Crippen LogP contribution in [0.25, 0.3) is 0 Å². The molecule has 2 atom stereocenters. The fraction of sp³-hybridized carbons (Fsp3) is 0.462. The quantitative estimate of drug-likeness (QED) is 0.915. The Morgan fingerprint density at radius 3 is 2.37 bits per heavy atom. The molecule has 1 N–H and O–H groups in total. The third-order valence-corrected chi connectivity index (χ3v) is 3.59. The number of methoxy groups -OCH3 is 2. The fourth-order valence-corrected chi connectivity index (χ4v) is 2.51. The lowest BCUT2D eigenvalue weighted by Crippen LogP contribution is -2.27. The van der Waals surface area contributed by atoms with Crippen molar-refractivity contribution in [2.24, 2.45) is 0 Å². The summed E-state index contributed by atoms with van der Waals surface area (Å²) in [5, 5.41) is 9.74. The molecule has 1 aliphatic rings. The summed E-state index contributed by atoms with van der Waals surface area (Å²) in [7, 11) is 3.24. The van der Waals surface area contributed by atoms with Gasteiger partial charge in [-0.2, -0.15) is 0 Å². The number of hydrogen-bond donors (Lipinski definition) is 1. The minimum absolute atomic E-state index is 0.0781. The molecule has 0 saturated carbocycles. The lowest BCUT2D eigenvalue weighted by molar-refractivity contribution is -0.00461. The predicted molar refractivity (Wildman–Crippen MR) is 72.2 cm³/mol. The second-order valence-corrected chi connectivity index (χ2v) is 4.86. The fourth-order valence-electron chi connectivity index (χ4n) is 2.34. The van der Waals surface area contributed by atoms with Crippen LogP contribution in [0.2, 0.25) is 5.02 Å². The summed E-state index contributed by atoms with van der Waals surface area (Å²) in [5.74, 6) is -0.971. The van der Waals surface area contributed by atoms with Crippen LogP contribution in [-0.4, -0.2) is 50.6 Å². The molecule has 1 aromatic carbocycles. The molecule has 0 amide bonds. The van der Waals surface area contributed by atoms with Crippen LogP contribution >= 0.6 is 11.6 Å². The van der Waals surface area contributed by atoms with Crippen LogP contribution in [0.15, 0.2) is 18.2 Å². The van der Waals surface area contributed by atoms with E-state index in [1.807, 2.05) is 4.90 Å². The Morgan fingerprint density at radius 2 is 1.89 bits per heavy atom. The van der Waals surface area contributed by atoms with Gasteiger partial charge >= 0.3 is 5.97 Å². The Bertz CT molecular complexity index is 468. The third kappa shape index (κ3) is 2.83. The van der Waals surface area contributed by atoms with Crippen molar-refractivity contribution in [2.45, 2.75) is 12.2 Å². The molecule has 1 heterocycles. The summed E-state index contributed by atoms with van der Waals surface area (Å²) in [6.45, 7) is 1.16. The molecule has 104 valence electrons.